The molecule has 5 heteroatoms. The molecule has 1 aliphatic carbocycles. The van der Waals surface area contributed by atoms with Gasteiger partial charge in [0, 0.05) is 11.1 Å². The number of nitrogens with one attached hydrogen (secondary N) is 1. The Morgan fingerprint density at radius 3 is 2.30 bits per heavy atom. The maximum absolute atomic E-state index is 13.2. The second-order valence-electron chi connectivity index (χ2n) is 5.41. The molecule has 1 N–H and O–H groups in total. The van der Waals surface area contributed by atoms with Gasteiger partial charge in [-0.25, -0.2) is 0 Å². The smallest absolute Gasteiger partial charge is 0.313 e. The van der Waals surface area contributed by atoms with Crippen LogP contribution in [-0.4, -0.2) is 13.2 Å². The van der Waals surface area contributed by atoms with Gasteiger partial charge in [0.2, 0.25) is 0 Å². The number of halogens is 4. The van der Waals surface area contributed by atoms with Crippen molar-refractivity contribution < 1.29 is 13.2 Å². The first-order valence-electron chi connectivity index (χ1n) is 6.93. The molecule has 3 atom stereocenters. The molecule has 3 unspecified atom stereocenters. The second kappa shape index (κ2) is 6.35. The van der Waals surface area contributed by atoms with Gasteiger partial charge in [0.05, 0.1) is 5.92 Å². The van der Waals surface area contributed by atoms with Gasteiger partial charge in [-0.15, -0.1) is 0 Å². The molecule has 0 spiro atoms. The largest absolute Gasteiger partial charge is 0.392 e. The van der Waals surface area contributed by atoms with Crippen LogP contribution in [-0.2, 0) is 0 Å². The average Bonchev–Trinajstić information content (AvgIpc) is 2.41. The Morgan fingerprint density at radius 2 is 1.75 bits per heavy atom. The van der Waals surface area contributed by atoms with E-state index in [0.717, 1.165) is 12.0 Å². The second-order valence-corrected chi connectivity index (χ2v) is 5.85. The van der Waals surface area contributed by atoms with Crippen LogP contribution in [0.15, 0.2) is 24.3 Å². The Bertz CT molecular complexity index is 430. The van der Waals surface area contributed by atoms with E-state index in [2.05, 4.69) is 5.32 Å². The van der Waals surface area contributed by atoms with Crippen LogP contribution in [0.2, 0.25) is 5.02 Å². The summed E-state index contributed by atoms with van der Waals surface area (Å²) >= 11 is 5.85. The molecule has 0 aromatic heterocycles. The van der Waals surface area contributed by atoms with Gasteiger partial charge in [0.15, 0.2) is 0 Å². The van der Waals surface area contributed by atoms with Gasteiger partial charge in [-0.2, -0.15) is 13.2 Å². The third-order valence-electron chi connectivity index (χ3n) is 4.21. The fraction of sp³-hybridized carbons (Fsp3) is 0.600. The molecule has 112 valence electrons. The van der Waals surface area contributed by atoms with Crippen LogP contribution in [0.3, 0.4) is 0 Å². The molecule has 1 fully saturated rings. The van der Waals surface area contributed by atoms with Gasteiger partial charge in [0.25, 0.3) is 0 Å². The van der Waals surface area contributed by atoms with Crippen molar-refractivity contribution in [3.63, 3.8) is 0 Å². The van der Waals surface area contributed by atoms with Crippen molar-refractivity contribution in [1.82, 2.24) is 5.32 Å². The Hall–Kier alpha value is -0.740. The van der Waals surface area contributed by atoms with E-state index in [4.69, 9.17) is 11.6 Å². The third kappa shape index (κ3) is 3.47. The van der Waals surface area contributed by atoms with Crippen molar-refractivity contribution in [3.05, 3.63) is 34.9 Å². The first-order valence-corrected chi connectivity index (χ1v) is 7.30. The Kier molecular flexibility index (Phi) is 4.97. The van der Waals surface area contributed by atoms with Crippen LogP contribution in [0.5, 0.6) is 0 Å². The van der Waals surface area contributed by atoms with E-state index < -0.39 is 18.0 Å². The summed E-state index contributed by atoms with van der Waals surface area (Å²) < 4.78 is 39.7. The molecule has 1 aromatic rings. The lowest BCUT2D eigenvalue weighted by Gasteiger charge is -2.38. The number of hydrogen-bond acceptors (Lipinski definition) is 1. The fourth-order valence-corrected chi connectivity index (χ4v) is 3.39. The van der Waals surface area contributed by atoms with E-state index in [1.807, 2.05) is 12.1 Å². The first-order chi connectivity index (χ1) is 9.43. The molecular weight excluding hydrogens is 287 g/mol. The van der Waals surface area contributed by atoms with Gasteiger partial charge in [-0.05, 0) is 43.5 Å². The molecule has 2 rings (SSSR count). The topological polar surface area (TPSA) is 12.0 Å². The van der Waals surface area contributed by atoms with E-state index in [0.29, 0.717) is 17.9 Å². The predicted octanol–water partition coefficient (Wildman–Crippen LogP) is 4.97. The van der Waals surface area contributed by atoms with E-state index in [1.54, 1.807) is 19.2 Å². The predicted molar refractivity (Wildman–Crippen MR) is 74.8 cm³/mol. The van der Waals surface area contributed by atoms with Crippen molar-refractivity contribution in [2.24, 2.45) is 11.8 Å². The molecule has 0 radical (unpaired) electrons. The van der Waals surface area contributed by atoms with Crippen LogP contribution < -0.4 is 5.32 Å². The third-order valence-corrected chi connectivity index (χ3v) is 4.46. The summed E-state index contributed by atoms with van der Waals surface area (Å²) in [6.45, 7) is 0. The zero-order valence-corrected chi connectivity index (χ0v) is 12.1. The highest BCUT2D eigenvalue weighted by atomic mass is 35.5. The van der Waals surface area contributed by atoms with Crippen LogP contribution in [0.4, 0.5) is 13.2 Å². The molecule has 0 amide bonds. The highest BCUT2D eigenvalue weighted by molar-refractivity contribution is 6.30. The van der Waals surface area contributed by atoms with Crippen molar-refractivity contribution in [2.75, 3.05) is 7.05 Å². The van der Waals surface area contributed by atoms with E-state index in [9.17, 15) is 13.2 Å². The maximum atomic E-state index is 13.2. The summed E-state index contributed by atoms with van der Waals surface area (Å²) in [6.07, 6.45) is -1.74. The summed E-state index contributed by atoms with van der Waals surface area (Å²) in [7, 11) is 1.72. The molecular formula is C15H19ClF3N. The SMILES string of the molecule is CNC(c1ccc(Cl)cc1)C1CCCCC1C(F)(F)F. The summed E-state index contributed by atoms with van der Waals surface area (Å²) in [6, 6.07) is 6.80. The molecule has 20 heavy (non-hydrogen) atoms. The minimum absolute atomic E-state index is 0.236. The van der Waals surface area contributed by atoms with Gasteiger partial charge in [0.1, 0.15) is 0 Å². The lowest BCUT2D eigenvalue weighted by molar-refractivity contribution is -0.199. The molecule has 1 aromatic carbocycles. The first kappa shape index (κ1) is 15.6. The lowest BCUT2D eigenvalue weighted by atomic mass is 9.73. The molecule has 0 bridgehead atoms. The summed E-state index contributed by atoms with van der Waals surface area (Å²) in [5.41, 5.74) is 0.873. The summed E-state index contributed by atoms with van der Waals surface area (Å²) in [5, 5.41) is 3.66. The zero-order valence-electron chi connectivity index (χ0n) is 11.4. The van der Waals surface area contributed by atoms with Crippen molar-refractivity contribution in [1.29, 1.82) is 0 Å². The fourth-order valence-electron chi connectivity index (χ4n) is 3.26. The van der Waals surface area contributed by atoms with Crippen LogP contribution in [0, 0.1) is 11.8 Å². The van der Waals surface area contributed by atoms with Gasteiger partial charge in [-0.3, -0.25) is 0 Å². The molecule has 0 heterocycles. The molecule has 0 aliphatic heterocycles. The average molecular weight is 306 g/mol. The highest BCUT2D eigenvalue weighted by Gasteiger charge is 2.47. The van der Waals surface area contributed by atoms with Crippen LogP contribution in [0.25, 0.3) is 0 Å². The highest BCUT2D eigenvalue weighted by Crippen LogP contribution is 2.46. The minimum atomic E-state index is -4.12. The minimum Gasteiger partial charge on any atom is -0.313 e. The number of benzene rings is 1. The maximum Gasteiger partial charge on any atom is 0.392 e. The summed E-state index contributed by atoms with van der Waals surface area (Å²) in [4.78, 5) is 0. The van der Waals surface area contributed by atoms with Crippen molar-refractivity contribution in [3.8, 4) is 0 Å². The zero-order chi connectivity index (χ0) is 14.8. The monoisotopic (exact) mass is 305 g/mol. The van der Waals surface area contributed by atoms with Gasteiger partial charge >= 0.3 is 6.18 Å². The summed E-state index contributed by atoms with van der Waals surface area (Å²) in [5.74, 6) is -1.63. The molecule has 1 saturated carbocycles. The number of rotatable bonds is 3. The number of hydrogen-bond donors (Lipinski definition) is 1. The van der Waals surface area contributed by atoms with Crippen LogP contribution in [0.1, 0.15) is 37.3 Å². The quantitative estimate of drug-likeness (QED) is 0.831. The Labute approximate surface area is 122 Å². The van der Waals surface area contributed by atoms with E-state index in [-0.39, 0.29) is 12.5 Å². The standard InChI is InChI=1S/C15H19ClF3N/c1-20-14(10-6-8-11(16)9-7-10)12-4-2-3-5-13(12)15(17,18)19/h6-9,12-14,20H,2-5H2,1H3. The normalized spacial score (nSPS) is 25.4. The van der Waals surface area contributed by atoms with E-state index in [1.165, 1.54) is 0 Å². The van der Waals surface area contributed by atoms with Gasteiger partial charge < -0.3 is 5.32 Å². The Morgan fingerprint density at radius 1 is 1.15 bits per heavy atom. The van der Waals surface area contributed by atoms with Gasteiger partial charge in [-0.1, -0.05) is 36.6 Å². The van der Waals surface area contributed by atoms with Crippen molar-refractivity contribution >= 4 is 11.6 Å². The van der Waals surface area contributed by atoms with Crippen molar-refractivity contribution in [2.45, 2.75) is 37.9 Å². The van der Waals surface area contributed by atoms with Crippen LogP contribution >= 0.6 is 11.6 Å². The van der Waals surface area contributed by atoms with E-state index >= 15 is 0 Å². The molecule has 0 saturated heterocycles. The molecule has 1 nitrogen and oxygen atoms in total. The number of alkyl halides is 3. The molecule has 1 aliphatic rings. The Balaban J connectivity index is 2.26. The lowest BCUT2D eigenvalue weighted by Crippen LogP contribution is -2.39.